The Bertz CT molecular complexity index is 1580. The SMILES string of the molecule is CC1=NC(COCCc2ccncc2)C(CCC(c2ccccc2)c2ccccc2)(C(=O)O)C(c2cccc(Cl)c2)C1C(=O)O. The first kappa shape index (κ1) is 32.1. The zero-order valence-electron chi connectivity index (χ0n) is 25.1. The minimum Gasteiger partial charge on any atom is -0.481 e. The smallest absolute Gasteiger partial charge is 0.312 e. The number of carboxylic acid groups (broad SMARTS) is 2. The third-order valence-corrected chi connectivity index (χ3v) is 9.21. The van der Waals surface area contributed by atoms with Gasteiger partial charge in [-0.15, -0.1) is 0 Å². The van der Waals surface area contributed by atoms with Gasteiger partial charge in [0, 0.05) is 35.0 Å². The average Bonchev–Trinajstić information content (AvgIpc) is 3.05. The number of carboxylic acids is 2. The van der Waals surface area contributed by atoms with Crippen LogP contribution in [0.4, 0.5) is 0 Å². The maximum atomic E-state index is 13.8. The van der Waals surface area contributed by atoms with Gasteiger partial charge in [0.1, 0.15) is 11.3 Å². The van der Waals surface area contributed by atoms with E-state index in [-0.39, 0.29) is 18.9 Å². The number of pyridine rings is 1. The monoisotopic (exact) mass is 624 g/mol. The van der Waals surface area contributed by atoms with Crippen LogP contribution in [0.3, 0.4) is 0 Å². The summed E-state index contributed by atoms with van der Waals surface area (Å²) in [5.41, 5.74) is 2.48. The van der Waals surface area contributed by atoms with Gasteiger partial charge >= 0.3 is 11.9 Å². The van der Waals surface area contributed by atoms with Crippen LogP contribution in [0.1, 0.15) is 53.9 Å². The first-order chi connectivity index (χ1) is 21.8. The molecule has 0 radical (unpaired) electrons. The maximum absolute atomic E-state index is 13.8. The number of ether oxygens (including phenoxy) is 1. The summed E-state index contributed by atoms with van der Waals surface area (Å²) in [4.78, 5) is 35.6. The number of aromatic nitrogens is 1. The summed E-state index contributed by atoms with van der Waals surface area (Å²) in [5, 5.41) is 22.2. The minimum atomic E-state index is -1.61. The van der Waals surface area contributed by atoms with Crippen molar-refractivity contribution in [2.24, 2.45) is 16.3 Å². The summed E-state index contributed by atoms with van der Waals surface area (Å²) in [6, 6.07) is 29.9. The topological polar surface area (TPSA) is 109 Å². The summed E-state index contributed by atoms with van der Waals surface area (Å²) < 4.78 is 6.15. The van der Waals surface area contributed by atoms with Crippen LogP contribution in [0.25, 0.3) is 0 Å². The number of rotatable bonds is 13. The lowest BCUT2D eigenvalue weighted by Gasteiger charge is -2.48. The van der Waals surface area contributed by atoms with Crippen molar-refractivity contribution in [1.82, 2.24) is 4.98 Å². The van der Waals surface area contributed by atoms with Crippen molar-refractivity contribution >= 4 is 29.3 Å². The largest absolute Gasteiger partial charge is 0.481 e. The molecule has 0 spiro atoms. The van der Waals surface area contributed by atoms with Gasteiger partial charge < -0.3 is 14.9 Å². The molecule has 0 fully saturated rings. The molecule has 1 aliphatic heterocycles. The van der Waals surface area contributed by atoms with E-state index in [4.69, 9.17) is 21.3 Å². The van der Waals surface area contributed by atoms with Crippen LogP contribution < -0.4 is 0 Å². The molecule has 0 saturated heterocycles. The normalized spacial score (nSPS) is 21.3. The molecule has 4 unspecified atom stereocenters. The van der Waals surface area contributed by atoms with Gasteiger partial charge in [-0.3, -0.25) is 19.6 Å². The molecular formula is C37H37ClN2O5. The van der Waals surface area contributed by atoms with E-state index in [2.05, 4.69) is 4.98 Å². The van der Waals surface area contributed by atoms with E-state index in [1.165, 1.54) is 0 Å². The van der Waals surface area contributed by atoms with Crippen molar-refractivity contribution in [2.45, 2.75) is 44.1 Å². The Kier molecular flexibility index (Phi) is 10.4. The third-order valence-electron chi connectivity index (χ3n) is 8.98. The maximum Gasteiger partial charge on any atom is 0.312 e. The van der Waals surface area contributed by atoms with Gasteiger partial charge in [-0.25, -0.2) is 0 Å². The van der Waals surface area contributed by atoms with Crippen LogP contribution in [0.5, 0.6) is 0 Å². The molecule has 5 rings (SSSR count). The predicted octanol–water partition coefficient (Wildman–Crippen LogP) is 7.31. The van der Waals surface area contributed by atoms with Crippen molar-refractivity contribution in [3.63, 3.8) is 0 Å². The zero-order chi connectivity index (χ0) is 31.8. The lowest BCUT2D eigenvalue weighted by atomic mass is 9.57. The van der Waals surface area contributed by atoms with Gasteiger partial charge in [-0.1, -0.05) is 84.4 Å². The van der Waals surface area contributed by atoms with Crippen LogP contribution in [-0.4, -0.2) is 52.1 Å². The van der Waals surface area contributed by atoms with Crippen LogP contribution in [0, 0.1) is 11.3 Å². The predicted molar refractivity (Wildman–Crippen MR) is 175 cm³/mol. The molecule has 3 aromatic carbocycles. The van der Waals surface area contributed by atoms with Gasteiger partial charge in [0.05, 0.1) is 19.3 Å². The first-order valence-corrected chi connectivity index (χ1v) is 15.5. The molecule has 2 heterocycles. The lowest BCUT2D eigenvalue weighted by Crippen LogP contribution is -2.56. The third kappa shape index (κ3) is 7.16. The molecule has 0 aliphatic carbocycles. The Morgan fingerprint density at radius 3 is 2.13 bits per heavy atom. The molecule has 4 aromatic rings. The van der Waals surface area contributed by atoms with Gasteiger partial charge in [-0.2, -0.15) is 0 Å². The minimum absolute atomic E-state index is 0.0273. The van der Waals surface area contributed by atoms with Crippen molar-refractivity contribution in [3.05, 3.63) is 137 Å². The van der Waals surface area contributed by atoms with Gasteiger partial charge in [0.2, 0.25) is 0 Å². The fourth-order valence-electron chi connectivity index (χ4n) is 6.80. The summed E-state index contributed by atoms with van der Waals surface area (Å²) in [6.45, 7) is 2.05. The highest BCUT2D eigenvalue weighted by molar-refractivity contribution is 6.30. The van der Waals surface area contributed by atoms with E-state index in [9.17, 15) is 19.8 Å². The number of hydrogen-bond acceptors (Lipinski definition) is 5. The number of hydrogen-bond donors (Lipinski definition) is 2. The van der Waals surface area contributed by atoms with Crippen molar-refractivity contribution in [3.8, 4) is 0 Å². The van der Waals surface area contributed by atoms with Crippen molar-refractivity contribution in [1.29, 1.82) is 0 Å². The van der Waals surface area contributed by atoms with E-state index < -0.39 is 35.2 Å². The summed E-state index contributed by atoms with van der Waals surface area (Å²) >= 11 is 6.43. The van der Waals surface area contributed by atoms with Crippen LogP contribution >= 0.6 is 11.6 Å². The molecule has 0 bridgehead atoms. The summed E-state index contributed by atoms with van der Waals surface area (Å²) in [5.74, 6) is -4.43. The van der Waals surface area contributed by atoms with Crippen molar-refractivity contribution < 1.29 is 24.5 Å². The van der Waals surface area contributed by atoms with Gasteiger partial charge in [-0.05, 0) is 72.7 Å². The van der Waals surface area contributed by atoms with E-state index in [0.717, 1.165) is 16.7 Å². The van der Waals surface area contributed by atoms with Crippen LogP contribution in [0.2, 0.25) is 5.02 Å². The molecule has 0 saturated carbocycles. The Morgan fingerprint density at radius 2 is 1.56 bits per heavy atom. The number of carbonyl (C=O) groups is 2. The molecule has 1 aromatic heterocycles. The van der Waals surface area contributed by atoms with Crippen molar-refractivity contribution in [2.75, 3.05) is 13.2 Å². The summed E-state index contributed by atoms with van der Waals surface area (Å²) in [6.07, 6.45) is 4.67. The average molecular weight is 625 g/mol. The van der Waals surface area contributed by atoms with E-state index in [1.807, 2.05) is 72.8 Å². The van der Waals surface area contributed by atoms with Gasteiger partial charge in [0.15, 0.2) is 0 Å². The fraction of sp³-hybridized carbons (Fsp3) is 0.297. The Hall–Kier alpha value is -4.33. The number of halogens is 1. The molecule has 232 valence electrons. The standard InChI is InChI=1S/C37H37ClN2O5/c1-25-33(35(41)42)34(29-13-8-14-30(38)23-29)37(36(43)44,32(40-25)24-45-22-18-26-16-20-39-21-17-26)19-15-31(27-9-4-2-5-10-27)28-11-6-3-7-12-28/h2-14,16-17,20-21,23,31-34H,15,18-19,22,24H2,1H3,(H,41,42)(H,43,44). The zero-order valence-corrected chi connectivity index (χ0v) is 25.9. The van der Waals surface area contributed by atoms with Crippen LogP contribution in [-0.2, 0) is 20.7 Å². The molecule has 4 atom stereocenters. The Morgan fingerprint density at radius 1 is 0.911 bits per heavy atom. The van der Waals surface area contributed by atoms with E-state index in [1.54, 1.807) is 43.6 Å². The Labute approximate surface area is 268 Å². The second kappa shape index (κ2) is 14.6. The molecule has 0 amide bonds. The number of aliphatic carboxylic acids is 2. The number of aliphatic imine (C=N–C) groups is 1. The molecule has 2 N–H and O–H groups in total. The lowest BCUT2D eigenvalue weighted by molar-refractivity contribution is -0.158. The van der Waals surface area contributed by atoms with Gasteiger partial charge in [0.25, 0.3) is 0 Å². The van der Waals surface area contributed by atoms with E-state index in [0.29, 0.717) is 35.7 Å². The van der Waals surface area contributed by atoms with E-state index >= 15 is 0 Å². The quantitative estimate of drug-likeness (QED) is 0.151. The highest BCUT2D eigenvalue weighted by Gasteiger charge is 2.59. The first-order valence-electron chi connectivity index (χ1n) is 15.1. The number of benzene rings is 3. The number of nitrogens with zero attached hydrogens (tertiary/aromatic N) is 2. The summed E-state index contributed by atoms with van der Waals surface area (Å²) in [7, 11) is 0. The molecular weight excluding hydrogens is 588 g/mol. The fourth-order valence-corrected chi connectivity index (χ4v) is 7.00. The molecule has 45 heavy (non-hydrogen) atoms. The molecule has 8 heteroatoms. The van der Waals surface area contributed by atoms with Crippen LogP contribution in [0.15, 0.2) is 114 Å². The second-order valence-electron chi connectivity index (χ2n) is 11.6. The highest BCUT2D eigenvalue weighted by Crippen LogP contribution is 2.53. The second-order valence-corrected chi connectivity index (χ2v) is 12.0. The molecule has 7 nitrogen and oxygen atoms in total. The Balaban J connectivity index is 1.58. The molecule has 1 aliphatic rings. The highest BCUT2D eigenvalue weighted by atomic mass is 35.5.